The van der Waals surface area contributed by atoms with Crippen molar-refractivity contribution in [2.45, 2.75) is 19.8 Å². The number of non-ortho nitro benzene ring substituents is 1. The summed E-state index contributed by atoms with van der Waals surface area (Å²) in [5.41, 5.74) is 1.70. The number of carbonyl (C=O) groups is 5. The number of ketones is 1. The number of benzene rings is 3. The third kappa shape index (κ3) is 5.71. The minimum Gasteiger partial charge on any atom is -0.454 e. The molecule has 1 heterocycles. The largest absolute Gasteiger partial charge is 0.454 e. The van der Waals surface area contributed by atoms with Crippen molar-refractivity contribution < 1.29 is 33.6 Å². The predicted octanol–water partition coefficient (Wildman–Crippen LogP) is 4.73. The van der Waals surface area contributed by atoms with Crippen LogP contribution in [0, 0.1) is 22.0 Å². The fraction of sp³-hybridized carbons (Fsp3) is 0.194. The fourth-order valence-electron chi connectivity index (χ4n) is 5.10. The summed E-state index contributed by atoms with van der Waals surface area (Å²) in [4.78, 5) is 75.6. The molecule has 5 rings (SSSR count). The van der Waals surface area contributed by atoms with Gasteiger partial charge in [-0.2, -0.15) is 0 Å². The summed E-state index contributed by atoms with van der Waals surface area (Å²) in [6.45, 7) is 1.31. The van der Waals surface area contributed by atoms with Crippen molar-refractivity contribution in [2.24, 2.45) is 11.8 Å². The molecular formula is C31H25N3O8. The summed E-state index contributed by atoms with van der Waals surface area (Å²) < 4.78 is 5.08. The molecule has 1 saturated heterocycles. The molecule has 1 aliphatic carbocycles. The first kappa shape index (κ1) is 28.1. The summed E-state index contributed by atoms with van der Waals surface area (Å²) in [5.74, 6) is -3.32. The Balaban J connectivity index is 1.24. The fourth-order valence-corrected chi connectivity index (χ4v) is 5.10. The van der Waals surface area contributed by atoms with Crippen LogP contribution in [-0.2, 0) is 14.3 Å². The van der Waals surface area contributed by atoms with Crippen molar-refractivity contribution in [3.63, 3.8) is 0 Å². The van der Waals surface area contributed by atoms with Crippen molar-refractivity contribution in [2.75, 3.05) is 16.8 Å². The Morgan fingerprint density at radius 1 is 0.929 bits per heavy atom. The van der Waals surface area contributed by atoms with E-state index in [1.165, 1.54) is 42.5 Å². The molecule has 212 valence electrons. The molecule has 0 aromatic heterocycles. The number of hydrogen-bond donors (Lipinski definition) is 1. The van der Waals surface area contributed by atoms with E-state index in [0.29, 0.717) is 18.5 Å². The van der Waals surface area contributed by atoms with Gasteiger partial charge in [0.25, 0.3) is 11.6 Å². The van der Waals surface area contributed by atoms with Crippen LogP contribution in [-0.4, -0.2) is 41.0 Å². The average Bonchev–Trinajstić information content (AvgIpc) is 3.24. The van der Waals surface area contributed by atoms with Gasteiger partial charge in [0, 0.05) is 28.9 Å². The van der Waals surface area contributed by atoms with Crippen LogP contribution < -0.4 is 10.2 Å². The van der Waals surface area contributed by atoms with Gasteiger partial charge >= 0.3 is 5.97 Å². The van der Waals surface area contributed by atoms with E-state index in [0.717, 1.165) is 16.5 Å². The number of hydrogen-bond acceptors (Lipinski definition) is 8. The number of nitrogens with one attached hydrogen (secondary N) is 1. The zero-order chi connectivity index (χ0) is 30.0. The first-order valence-electron chi connectivity index (χ1n) is 13.1. The monoisotopic (exact) mass is 567 g/mol. The van der Waals surface area contributed by atoms with Gasteiger partial charge in [-0.1, -0.05) is 35.9 Å². The van der Waals surface area contributed by atoms with E-state index >= 15 is 0 Å². The average molecular weight is 568 g/mol. The lowest BCUT2D eigenvalue weighted by Gasteiger charge is -2.18. The Morgan fingerprint density at radius 2 is 1.62 bits per heavy atom. The predicted molar refractivity (Wildman–Crippen MR) is 151 cm³/mol. The Hall–Kier alpha value is -5.45. The molecule has 3 aromatic carbocycles. The van der Waals surface area contributed by atoms with Crippen LogP contribution in [0.15, 0.2) is 84.4 Å². The molecular weight excluding hydrogens is 542 g/mol. The van der Waals surface area contributed by atoms with E-state index in [1.807, 2.05) is 13.0 Å². The number of fused-ring (bicyclic) bond motifs is 1. The van der Waals surface area contributed by atoms with E-state index in [-0.39, 0.29) is 39.9 Å². The van der Waals surface area contributed by atoms with Crippen molar-refractivity contribution in [3.8, 4) is 0 Å². The van der Waals surface area contributed by atoms with E-state index in [9.17, 15) is 34.1 Å². The molecule has 11 nitrogen and oxygen atoms in total. The third-order valence-corrected chi connectivity index (χ3v) is 7.26. The van der Waals surface area contributed by atoms with Crippen LogP contribution in [0.5, 0.6) is 0 Å². The number of amides is 3. The highest BCUT2D eigenvalue weighted by Gasteiger charge is 2.48. The zero-order valence-electron chi connectivity index (χ0n) is 22.4. The lowest BCUT2D eigenvalue weighted by Crippen LogP contribution is -2.31. The summed E-state index contributed by atoms with van der Waals surface area (Å²) in [7, 11) is 0. The maximum absolute atomic E-state index is 13.1. The van der Waals surface area contributed by atoms with Crippen molar-refractivity contribution in [1.82, 2.24) is 0 Å². The molecule has 1 N–H and O–H groups in total. The highest BCUT2D eigenvalue weighted by atomic mass is 16.6. The van der Waals surface area contributed by atoms with Crippen LogP contribution in [0.1, 0.15) is 50.8 Å². The van der Waals surface area contributed by atoms with Crippen molar-refractivity contribution >= 4 is 46.5 Å². The Morgan fingerprint density at radius 3 is 2.40 bits per heavy atom. The lowest BCUT2D eigenvalue weighted by molar-refractivity contribution is -0.384. The number of esters is 1. The van der Waals surface area contributed by atoms with E-state index in [1.54, 1.807) is 24.3 Å². The number of nitrogens with zero attached hydrogens (tertiary/aromatic N) is 2. The van der Waals surface area contributed by atoms with Crippen LogP contribution in [0.2, 0.25) is 0 Å². The minimum atomic E-state index is -0.830. The van der Waals surface area contributed by atoms with Gasteiger partial charge in [0.05, 0.1) is 28.0 Å². The highest BCUT2D eigenvalue weighted by Crippen LogP contribution is 2.39. The lowest BCUT2D eigenvalue weighted by atomic mass is 9.82. The van der Waals surface area contributed by atoms with E-state index in [2.05, 4.69) is 5.32 Å². The highest BCUT2D eigenvalue weighted by molar-refractivity contribution is 6.22. The number of anilines is 2. The van der Waals surface area contributed by atoms with Gasteiger partial charge in [-0.15, -0.1) is 0 Å². The summed E-state index contributed by atoms with van der Waals surface area (Å²) >= 11 is 0. The van der Waals surface area contributed by atoms with Gasteiger partial charge in [-0.3, -0.25) is 34.2 Å². The second-order valence-electron chi connectivity index (χ2n) is 10.1. The third-order valence-electron chi connectivity index (χ3n) is 7.26. The van der Waals surface area contributed by atoms with Gasteiger partial charge in [-0.25, -0.2) is 4.79 Å². The van der Waals surface area contributed by atoms with Gasteiger partial charge in [0.1, 0.15) is 0 Å². The smallest absolute Gasteiger partial charge is 0.338 e. The minimum absolute atomic E-state index is 0.0307. The maximum Gasteiger partial charge on any atom is 0.338 e. The topological polar surface area (TPSA) is 153 Å². The summed E-state index contributed by atoms with van der Waals surface area (Å²) in [6.07, 6.45) is 3.03. The normalized spacial score (nSPS) is 17.7. The van der Waals surface area contributed by atoms with Crippen LogP contribution in [0.3, 0.4) is 0 Å². The Labute approximate surface area is 239 Å². The quantitative estimate of drug-likeness (QED) is 0.102. The van der Waals surface area contributed by atoms with Crippen LogP contribution in [0.25, 0.3) is 0 Å². The van der Waals surface area contributed by atoms with Gasteiger partial charge in [-0.05, 0) is 56.2 Å². The van der Waals surface area contributed by atoms with Gasteiger partial charge in [0.2, 0.25) is 17.6 Å². The number of rotatable bonds is 8. The molecule has 42 heavy (non-hydrogen) atoms. The molecule has 0 unspecified atom stereocenters. The molecule has 0 bridgehead atoms. The van der Waals surface area contributed by atoms with Gasteiger partial charge in [0.15, 0.2) is 6.61 Å². The second kappa shape index (κ2) is 11.6. The van der Waals surface area contributed by atoms with Crippen molar-refractivity contribution in [1.29, 1.82) is 0 Å². The second-order valence-corrected chi connectivity index (χ2v) is 10.1. The molecule has 1 fully saturated rings. The Bertz CT molecular complexity index is 1680. The van der Waals surface area contributed by atoms with Crippen LogP contribution >= 0.6 is 0 Å². The first-order valence-corrected chi connectivity index (χ1v) is 13.1. The summed E-state index contributed by atoms with van der Waals surface area (Å²) in [5, 5.41) is 13.6. The Kier molecular flexibility index (Phi) is 7.74. The first-order chi connectivity index (χ1) is 20.1. The standard InChI is InChI=1S/C31H25N3O8/c1-18-11-12-25-26(13-18)30(38)33(29(25)37)23-9-4-6-20(16-23)28(36)32-22-8-2-7-21(14-22)31(39)42-17-27(35)19-5-3-10-24(15-19)34(40)41/h2-11,14-16,25-26H,12-13,17H2,1H3,(H,32,36)/t25-,26+/m0/s1. The molecule has 0 spiro atoms. The molecule has 2 aliphatic rings. The number of ether oxygens (including phenoxy) is 1. The SMILES string of the molecule is CC1=CC[C@@H]2C(=O)N(c3cccc(C(=O)Nc4cccc(C(=O)OCC(=O)c5cccc([N+](=O)[O-])c5)c4)c3)C(=O)[C@@H]2C1. The van der Waals surface area contributed by atoms with Gasteiger partial charge < -0.3 is 10.1 Å². The molecule has 3 aromatic rings. The number of Topliss-reactive ketones (excluding diaryl/α,β-unsaturated/α-hetero) is 1. The molecule has 0 saturated carbocycles. The number of nitro benzene ring substituents is 1. The summed E-state index contributed by atoms with van der Waals surface area (Å²) in [6, 6.07) is 17.2. The number of carbonyl (C=O) groups excluding carboxylic acids is 5. The van der Waals surface area contributed by atoms with E-state index < -0.39 is 41.0 Å². The number of imide groups is 1. The molecule has 1 aliphatic heterocycles. The van der Waals surface area contributed by atoms with E-state index in [4.69, 9.17) is 4.74 Å². The molecule has 3 amide bonds. The number of allylic oxidation sites excluding steroid dienone is 2. The van der Waals surface area contributed by atoms with Crippen molar-refractivity contribution in [3.05, 3.63) is 111 Å². The van der Waals surface area contributed by atoms with Crippen LogP contribution in [0.4, 0.5) is 17.1 Å². The molecule has 2 atom stereocenters. The number of nitro groups is 1. The maximum atomic E-state index is 13.1. The molecule has 0 radical (unpaired) electrons. The zero-order valence-corrected chi connectivity index (χ0v) is 22.4. The molecule has 11 heteroatoms.